The number of ether oxygens (including phenoxy) is 2. The number of nitrogens with zero attached hydrogens (tertiary/aromatic N) is 1. The quantitative estimate of drug-likeness (QED) is 0.782. The van der Waals surface area contributed by atoms with E-state index in [2.05, 4.69) is 0 Å². The molecule has 0 aromatic heterocycles. The lowest BCUT2D eigenvalue weighted by Gasteiger charge is -2.31. The molecular weight excluding hydrogens is 274 g/mol. The van der Waals surface area contributed by atoms with Crippen LogP contribution in [0.4, 0.5) is 0 Å². The van der Waals surface area contributed by atoms with Crippen molar-refractivity contribution >= 4 is 17.7 Å². The third-order valence-electron chi connectivity index (χ3n) is 3.24. The fourth-order valence-corrected chi connectivity index (χ4v) is 2.97. The van der Waals surface area contributed by atoms with Gasteiger partial charge in [0.15, 0.2) is 0 Å². The van der Waals surface area contributed by atoms with Gasteiger partial charge in [0.05, 0.1) is 19.8 Å². The largest absolute Gasteiger partial charge is 0.497 e. The Morgan fingerprint density at radius 2 is 2.20 bits per heavy atom. The van der Waals surface area contributed by atoms with E-state index < -0.39 is 0 Å². The van der Waals surface area contributed by atoms with Gasteiger partial charge in [0.2, 0.25) is 5.91 Å². The van der Waals surface area contributed by atoms with Crippen LogP contribution < -0.4 is 4.74 Å². The first-order valence-corrected chi connectivity index (χ1v) is 7.84. The fourth-order valence-electron chi connectivity index (χ4n) is 2.13. The molecule has 1 atom stereocenters. The number of morpholine rings is 1. The van der Waals surface area contributed by atoms with Crippen LogP contribution in [0.15, 0.2) is 29.2 Å². The normalized spacial score (nSPS) is 18.9. The van der Waals surface area contributed by atoms with Crippen molar-refractivity contribution in [3.63, 3.8) is 0 Å². The Morgan fingerprint density at radius 3 is 2.85 bits per heavy atom. The second-order valence-corrected chi connectivity index (χ2v) is 5.96. The highest BCUT2D eigenvalue weighted by Crippen LogP contribution is 2.22. The highest BCUT2D eigenvalue weighted by molar-refractivity contribution is 7.99. The molecule has 5 heteroatoms. The molecule has 110 valence electrons. The number of thioether (sulfide) groups is 1. The van der Waals surface area contributed by atoms with Crippen molar-refractivity contribution in [2.24, 2.45) is 0 Å². The topological polar surface area (TPSA) is 38.8 Å². The van der Waals surface area contributed by atoms with E-state index in [4.69, 9.17) is 9.47 Å². The van der Waals surface area contributed by atoms with Gasteiger partial charge < -0.3 is 14.4 Å². The van der Waals surface area contributed by atoms with Crippen LogP contribution in [0.1, 0.15) is 13.3 Å². The minimum atomic E-state index is 0.155. The molecule has 1 amide bonds. The summed E-state index contributed by atoms with van der Waals surface area (Å²) in [7, 11) is 1.66. The second kappa shape index (κ2) is 7.55. The summed E-state index contributed by atoms with van der Waals surface area (Å²) in [5.74, 6) is 1.88. The zero-order valence-electron chi connectivity index (χ0n) is 12.0. The molecule has 20 heavy (non-hydrogen) atoms. The van der Waals surface area contributed by atoms with Gasteiger partial charge in [0.25, 0.3) is 0 Å². The predicted octanol–water partition coefficient (Wildman–Crippen LogP) is 2.42. The Bertz CT molecular complexity index is 435. The van der Waals surface area contributed by atoms with Gasteiger partial charge in [-0.25, -0.2) is 0 Å². The van der Waals surface area contributed by atoms with E-state index in [0.29, 0.717) is 19.6 Å². The third kappa shape index (κ3) is 4.42. The number of hydrogen-bond donors (Lipinski definition) is 0. The summed E-state index contributed by atoms with van der Waals surface area (Å²) in [5, 5.41) is 0. The third-order valence-corrected chi connectivity index (χ3v) is 4.25. The Balaban J connectivity index is 1.73. The molecule has 2 rings (SSSR count). The molecule has 1 aliphatic heterocycles. The molecular formula is C15H21NO3S. The summed E-state index contributed by atoms with van der Waals surface area (Å²) >= 11 is 1.70. The van der Waals surface area contributed by atoms with E-state index in [9.17, 15) is 4.79 Å². The van der Waals surface area contributed by atoms with Gasteiger partial charge in [-0.15, -0.1) is 11.8 Å². The van der Waals surface area contributed by atoms with Crippen LogP contribution in [0.3, 0.4) is 0 Å². The van der Waals surface area contributed by atoms with Gasteiger partial charge in [0.1, 0.15) is 5.75 Å². The fraction of sp³-hybridized carbons (Fsp3) is 0.533. The highest BCUT2D eigenvalue weighted by Gasteiger charge is 2.20. The van der Waals surface area contributed by atoms with Crippen molar-refractivity contribution in [2.75, 3.05) is 32.6 Å². The molecule has 0 aliphatic carbocycles. The standard InChI is InChI=1S/C15H21NO3S/c1-12-11-16(8-9-19-12)15(17)7-10-20-14-5-3-13(18-2)4-6-14/h3-6,12H,7-11H2,1-2H3. The molecule has 0 bridgehead atoms. The van der Waals surface area contributed by atoms with Crippen LogP contribution in [0.2, 0.25) is 0 Å². The van der Waals surface area contributed by atoms with Gasteiger partial charge in [-0.2, -0.15) is 0 Å². The summed E-state index contributed by atoms with van der Waals surface area (Å²) < 4.78 is 10.6. The lowest BCUT2D eigenvalue weighted by atomic mass is 10.3. The van der Waals surface area contributed by atoms with E-state index in [1.165, 1.54) is 0 Å². The molecule has 0 saturated carbocycles. The van der Waals surface area contributed by atoms with Crippen molar-refractivity contribution in [2.45, 2.75) is 24.3 Å². The smallest absolute Gasteiger partial charge is 0.223 e. The van der Waals surface area contributed by atoms with E-state index in [1.807, 2.05) is 36.1 Å². The number of hydrogen-bond acceptors (Lipinski definition) is 4. The molecule has 4 nitrogen and oxygen atoms in total. The maximum absolute atomic E-state index is 12.1. The van der Waals surface area contributed by atoms with Crippen molar-refractivity contribution in [3.8, 4) is 5.75 Å². The van der Waals surface area contributed by atoms with E-state index in [-0.39, 0.29) is 12.0 Å². The first kappa shape index (κ1) is 15.2. The number of amides is 1. The van der Waals surface area contributed by atoms with E-state index in [0.717, 1.165) is 22.9 Å². The van der Waals surface area contributed by atoms with Crippen LogP contribution in [-0.4, -0.2) is 49.5 Å². The summed E-state index contributed by atoms with van der Waals surface area (Å²) in [6, 6.07) is 7.91. The summed E-state index contributed by atoms with van der Waals surface area (Å²) in [4.78, 5) is 15.1. The van der Waals surface area contributed by atoms with E-state index >= 15 is 0 Å². The first-order valence-electron chi connectivity index (χ1n) is 6.85. The zero-order chi connectivity index (χ0) is 14.4. The summed E-state index contributed by atoms with van der Waals surface area (Å²) in [6.45, 7) is 4.09. The molecule has 1 saturated heterocycles. The average Bonchev–Trinajstić information content (AvgIpc) is 2.48. The average molecular weight is 295 g/mol. The van der Waals surface area contributed by atoms with Crippen LogP contribution >= 0.6 is 11.8 Å². The minimum Gasteiger partial charge on any atom is -0.497 e. The number of carbonyl (C=O) groups is 1. The van der Waals surface area contributed by atoms with Crippen LogP contribution in [0, 0.1) is 0 Å². The van der Waals surface area contributed by atoms with Crippen LogP contribution in [0.5, 0.6) is 5.75 Å². The number of carbonyl (C=O) groups excluding carboxylic acids is 1. The van der Waals surface area contributed by atoms with Gasteiger partial charge in [-0.3, -0.25) is 4.79 Å². The Morgan fingerprint density at radius 1 is 1.45 bits per heavy atom. The SMILES string of the molecule is COc1ccc(SCCC(=O)N2CCOC(C)C2)cc1. The predicted molar refractivity (Wildman–Crippen MR) is 80.3 cm³/mol. The molecule has 0 N–H and O–H groups in total. The summed E-state index contributed by atoms with van der Waals surface area (Å²) in [5.41, 5.74) is 0. The Kier molecular flexibility index (Phi) is 5.73. The number of methoxy groups -OCH3 is 1. The van der Waals surface area contributed by atoms with Crippen molar-refractivity contribution in [1.82, 2.24) is 4.90 Å². The zero-order valence-corrected chi connectivity index (χ0v) is 12.8. The number of benzene rings is 1. The van der Waals surface area contributed by atoms with Crippen molar-refractivity contribution in [3.05, 3.63) is 24.3 Å². The molecule has 1 heterocycles. The Labute approximate surface area is 124 Å². The molecule has 0 radical (unpaired) electrons. The maximum Gasteiger partial charge on any atom is 0.223 e. The monoisotopic (exact) mass is 295 g/mol. The molecule has 1 fully saturated rings. The molecule has 1 aliphatic rings. The molecule has 1 unspecified atom stereocenters. The molecule has 1 aromatic rings. The minimum absolute atomic E-state index is 0.155. The summed E-state index contributed by atoms with van der Waals surface area (Å²) in [6.07, 6.45) is 0.727. The van der Waals surface area contributed by atoms with Gasteiger partial charge in [-0.1, -0.05) is 0 Å². The second-order valence-electron chi connectivity index (χ2n) is 4.80. The van der Waals surface area contributed by atoms with E-state index in [1.54, 1.807) is 18.9 Å². The van der Waals surface area contributed by atoms with Crippen LogP contribution in [-0.2, 0) is 9.53 Å². The van der Waals surface area contributed by atoms with Crippen LogP contribution in [0.25, 0.3) is 0 Å². The highest BCUT2D eigenvalue weighted by atomic mass is 32.2. The molecule has 1 aromatic carbocycles. The van der Waals surface area contributed by atoms with Gasteiger partial charge >= 0.3 is 0 Å². The Hall–Kier alpha value is -1.20. The maximum atomic E-state index is 12.1. The van der Waals surface area contributed by atoms with Gasteiger partial charge in [0, 0.05) is 30.2 Å². The van der Waals surface area contributed by atoms with Crippen molar-refractivity contribution in [1.29, 1.82) is 0 Å². The lowest BCUT2D eigenvalue weighted by molar-refractivity contribution is -0.137. The number of rotatable bonds is 5. The lowest BCUT2D eigenvalue weighted by Crippen LogP contribution is -2.44. The van der Waals surface area contributed by atoms with Crippen molar-refractivity contribution < 1.29 is 14.3 Å². The first-order chi connectivity index (χ1) is 9.69. The molecule has 0 spiro atoms. The van der Waals surface area contributed by atoms with Gasteiger partial charge in [-0.05, 0) is 31.2 Å².